The number of rotatable bonds is 3. The highest BCUT2D eigenvalue weighted by Crippen LogP contribution is 2.17. The van der Waals surface area contributed by atoms with Crippen LogP contribution < -0.4 is 5.32 Å². The summed E-state index contributed by atoms with van der Waals surface area (Å²) in [5.74, 6) is 0.929. The maximum atomic E-state index is 4.39. The fraction of sp³-hybridized carbons (Fsp3) is 0.364. The van der Waals surface area contributed by atoms with Crippen molar-refractivity contribution in [3.63, 3.8) is 0 Å². The van der Waals surface area contributed by atoms with Crippen LogP contribution in [0.5, 0.6) is 0 Å². The molecule has 15 heavy (non-hydrogen) atoms. The standard InChI is InChI=1S/C11H15N3S/c1-8-6-15-7-10(8)5-14-4-9(2)13-11(14)12-3/h4,6-7H,5H2,1-3H3,(H,12,13). The van der Waals surface area contributed by atoms with Gasteiger partial charge in [-0.2, -0.15) is 11.3 Å². The molecule has 2 rings (SSSR count). The van der Waals surface area contributed by atoms with E-state index in [2.05, 4.69) is 38.7 Å². The lowest BCUT2D eigenvalue weighted by Crippen LogP contribution is -2.04. The average molecular weight is 221 g/mol. The van der Waals surface area contributed by atoms with E-state index in [1.807, 2.05) is 14.0 Å². The summed E-state index contributed by atoms with van der Waals surface area (Å²) in [6, 6.07) is 0. The molecule has 0 aliphatic rings. The Morgan fingerprint density at radius 3 is 2.80 bits per heavy atom. The Hall–Kier alpha value is -1.29. The van der Waals surface area contributed by atoms with Gasteiger partial charge in [-0.05, 0) is 35.7 Å². The zero-order chi connectivity index (χ0) is 10.8. The second kappa shape index (κ2) is 4.06. The first-order chi connectivity index (χ1) is 7.20. The van der Waals surface area contributed by atoms with Crippen molar-refractivity contribution >= 4 is 17.3 Å². The van der Waals surface area contributed by atoms with Crippen molar-refractivity contribution in [1.29, 1.82) is 0 Å². The van der Waals surface area contributed by atoms with Crippen LogP contribution in [-0.2, 0) is 6.54 Å². The summed E-state index contributed by atoms with van der Waals surface area (Å²) < 4.78 is 2.14. The first kappa shape index (κ1) is 10.2. The van der Waals surface area contributed by atoms with E-state index in [1.165, 1.54) is 11.1 Å². The SMILES string of the molecule is CNc1nc(C)cn1Cc1cscc1C. The lowest BCUT2D eigenvalue weighted by Gasteiger charge is -2.06. The van der Waals surface area contributed by atoms with Gasteiger partial charge in [0.25, 0.3) is 0 Å². The molecule has 0 bridgehead atoms. The van der Waals surface area contributed by atoms with E-state index in [9.17, 15) is 0 Å². The number of aromatic nitrogens is 2. The number of nitrogens with zero attached hydrogens (tertiary/aromatic N) is 2. The summed E-state index contributed by atoms with van der Waals surface area (Å²) in [5, 5.41) is 7.48. The Morgan fingerprint density at radius 2 is 2.20 bits per heavy atom. The van der Waals surface area contributed by atoms with Crippen molar-refractivity contribution in [2.24, 2.45) is 0 Å². The van der Waals surface area contributed by atoms with Crippen molar-refractivity contribution < 1.29 is 0 Å². The average Bonchev–Trinajstić information content (AvgIpc) is 2.75. The molecule has 2 aromatic heterocycles. The van der Waals surface area contributed by atoms with Crippen molar-refractivity contribution in [1.82, 2.24) is 9.55 Å². The molecule has 0 atom stereocenters. The fourth-order valence-electron chi connectivity index (χ4n) is 1.60. The molecule has 0 unspecified atom stereocenters. The molecule has 0 spiro atoms. The molecule has 0 amide bonds. The number of nitrogens with one attached hydrogen (secondary N) is 1. The Kier molecular flexibility index (Phi) is 2.77. The number of imidazole rings is 1. The van der Waals surface area contributed by atoms with Gasteiger partial charge >= 0.3 is 0 Å². The summed E-state index contributed by atoms with van der Waals surface area (Å²) in [6.45, 7) is 5.05. The molecule has 0 fully saturated rings. The summed E-state index contributed by atoms with van der Waals surface area (Å²) in [4.78, 5) is 4.39. The third-order valence-electron chi connectivity index (χ3n) is 2.42. The van der Waals surface area contributed by atoms with E-state index in [0.717, 1.165) is 18.2 Å². The van der Waals surface area contributed by atoms with Crippen LogP contribution in [0.15, 0.2) is 17.0 Å². The smallest absolute Gasteiger partial charge is 0.203 e. The molecule has 4 heteroatoms. The zero-order valence-corrected chi connectivity index (χ0v) is 10.1. The molecule has 1 N–H and O–H groups in total. The van der Waals surface area contributed by atoms with Gasteiger partial charge in [0, 0.05) is 13.2 Å². The van der Waals surface area contributed by atoms with Crippen molar-refractivity contribution in [3.8, 4) is 0 Å². The van der Waals surface area contributed by atoms with Crippen LogP contribution in [0, 0.1) is 13.8 Å². The van der Waals surface area contributed by atoms with E-state index in [1.54, 1.807) is 11.3 Å². The summed E-state index contributed by atoms with van der Waals surface area (Å²) in [7, 11) is 1.90. The Morgan fingerprint density at radius 1 is 1.40 bits per heavy atom. The molecule has 3 nitrogen and oxygen atoms in total. The van der Waals surface area contributed by atoms with Crippen LogP contribution in [0.25, 0.3) is 0 Å². The predicted octanol–water partition coefficient (Wildman–Crippen LogP) is 2.65. The van der Waals surface area contributed by atoms with Gasteiger partial charge in [-0.3, -0.25) is 0 Å². The maximum absolute atomic E-state index is 4.39. The highest BCUT2D eigenvalue weighted by Gasteiger charge is 2.06. The highest BCUT2D eigenvalue weighted by atomic mass is 32.1. The second-order valence-electron chi connectivity index (χ2n) is 3.66. The van der Waals surface area contributed by atoms with Crippen LogP contribution in [-0.4, -0.2) is 16.6 Å². The molecule has 0 aliphatic heterocycles. The fourth-order valence-corrected chi connectivity index (χ4v) is 2.45. The normalized spacial score (nSPS) is 10.6. The molecule has 80 valence electrons. The van der Waals surface area contributed by atoms with Gasteiger partial charge in [0.15, 0.2) is 0 Å². The molecule has 0 radical (unpaired) electrons. The molecule has 2 heterocycles. The van der Waals surface area contributed by atoms with Crippen LogP contribution in [0.2, 0.25) is 0 Å². The van der Waals surface area contributed by atoms with Crippen LogP contribution >= 0.6 is 11.3 Å². The van der Waals surface area contributed by atoms with Crippen LogP contribution in [0.3, 0.4) is 0 Å². The minimum atomic E-state index is 0.895. The van der Waals surface area contributed by atoms with Crippen LogP contribution in [0.1, 0.15) is 16.8 Å². The van der Waals surface area contributed by atoms with E-state index >= 15 is 0 Å². The molecule has 2 aromatic rings. The number of thiophene rings is 1. The molecule has 0 aliphatic carbocycles. The number of hydrogen-bond acceptors (Lipinski definition) is 3. The Labute approximate surface area is 93.8 Å². The first-order valence-electron chi connectivity index (χ1n) is 4.94. The van der Waals surface area contributed by atoms with Gasteiger partial charge < -0.3 is 9.88 Å². The van der Waals surface area contributed by atoms with E-state index < -0.39 is 0 Å². The molecule has 0 saturated heterocycles. The summed E-state index contributed by atoms with van der Waals surface area (Å²) in [6.07, 6.45) is 2.07. The topological polar surface area (TPSA) is 29.9 Å². The number of hydrogen-bond donors (Lipinski definition) is 1. The van der Waals surface area contributed by atoms with Crippen molar-refractivity contribution in [2.75, 3.05) is 12.4 Å². The monoisotopic (exact) mass is 221 g/mol. The minimum absolute atomic E-state index is 0.895. The van der Waals surface area contributed by atoms with Gasteiger partial charge in [-0.15, -0.1) is 0 Å². The lowest BCUT2D eigenvalue weighted by molar-refractivity contribution is 0.803. The van der Waals surface area contributed by atoms with Gasteiger partial charge in [0.2, 0.25) is 5.95 Å². The zero-order valence-electron chi connectivity index (χ0n) is 9.24. The van der Waals surface area contributed by atoms with Crippen molar-refractivity contribution in [2.45, 2.75) is 20.4 Å². The Bertz CT molecular complexity index is 456. The Balaban J connectivity index is 2.27. The third-order valence-corrected chi connectivity index (χ3v) is 3.33. The largest absolute Gasteiger partial charge is 0.359 e. The number of anilines is 1. The van der Waals surface area contributed by atoms with E-state index in [-0.39, 0.29) is 0 Å². The van der Waals surface area contributed by atoms with E-state index in [0.29, 0.717) is 0 Å². The lowest BCUT2D eigenvalue weighted by atomic mass is 10.2. The molecular formula is C11H15N3S. The number of aryl methyl sites for hydroxylation is 2. The minimum Gasteiger partial charge on any atom is -0.359 e. The first-order valence-corrected chi connectivity index (χ1v) is 5.88. The molecule has 0 aromatic carbocycles. The van der Waals surface area contributed by atoms with Crippen molar-refractivity contribution in [3.05, 3.63) is 33.8 Å². The predicted molar refractivity (Wildman–Crippen MR) is 64.7 cm³/mol. The summed E-state index contributed by atoms with van der Waals surface area (Å²) >= 11 is 1.75. The molecular weight excluding hydrogens is 206 g/mol. The second-order valence-corrected chi connectivity index (χ2v) is 4.41. The van der Waals surface area contributed by atoms with Gasteiger partial charge in [-0.25, -0.2) is 4.98 Å². The third kappa shape index (κ3) is 2.04. The van der Waals surface area contributed by atoms with Gasteiger partial charge in [0.05, 0.1) is 12.2 Å². The summed E-state index contributed by atoms with van der Waals surface area (Å²) in [5.41, 5.74) is 3.77. The van der Waals surface area contributed by atoms with Crippen LogP contribution in [0.4, 0.5) is 5.95 Å². The van der Waals surface area contributed by atoms with Gasteiger partial charge in [0.1, 0.15) is 0 Å². The quantitative estimate of drug-likeness (QED) is 0.863. The maximum Gasteiger partial charge on any atom is 0.203 e. The molecule has 0 saturated carbocycles. The highest BCUT2D eigenvalue weighted by molar-refractivity contribution is 7.08. The van der Waals surface area contributed by atoms with Gasteiger partial charge in [-0.1, -0.05) is 0 Å². The van der Waals surface area contributed by atoms with E-state index in [4.69, 9.17) is 0 Å².